The van der Waals surface area contributed by atoms with Gasteiger partial charge in [0.1, 0.15) is 17.1 Å². The Morgan fingerprint density at radius 3 is 2.25 bits per heavy atom. The van der Waals surface area contributed by atoms with E-state index in [0.717, 1.165) is 0 Å². The number of nitrogens with one attached hydrogen (secondary N) is 1. The molecule has 8 nitrogen and oxygen atoms in total. The van der Waals surface area contributed by atoms with Crippen molar-refractivity contribution in [3.05, 3.63) is 88.0 Å². The fraction of sp³-hybridized carbons (Fsp3) is 0.185. The van der Waals surface area contributed by atoms with Crippen molar-refractivity contribution in [2.75, 3.05) is 26.6 Å². The number of methoxy groups -OCH3 is 3. The molecule has 1 aliphatic heterocycles. The molecule has 2 atom stereocenters. The minimum absolute atomic E-state index is 0.197. The van der Waals surface area contributed by atoms with Crippen molar-refractivity contribution >= 4 is 22.6 Å². The van der Waals surface area contributed by atoms with Crippen LogP contribution in [0.25, 0.3) is 11.0 Å². The van der Waals surface area contributed by atoms with Gasteiger partial charge >= 0.3 is 5.63 Å². The van der Waals surface area contributed by atoms with Gasteiger partial charge in [0.05, 0.1) is 38.2 Å². The third-order valence-electron chi connectivity index (χ3n) is 6.07. The van der Waals surface area contributed by atoms with E-state index in [9.17, 15) is 14.0 Å². The molecule has 0 saturated carbocycles. The zero-order valence-corrected chi connectivity index (χ0v) is 19.7. The average Bonchev–Trinajstić information content (AvgIpc) is 3.31. The van der Waals surface area contributed by atoms with E-state index >= 15 is 0 Å². The van der Waals surface area contributed by atoms with Crippen LogP contribution < -0.4 is 29.9 Å². The van der Waals surface area contributed by atoms with Crippen LogP contribution in [-0.4, -0.2) is 33.3 Å². The quantitative estimate of drug-likeness (QED) is 0.397. The fourth-order valence-corrected chi connectivity index (χ4v) is 4.45. The van der Waals surface area contributed by atoms with Crippen LogP contribution in [0.3, 0.4) is 0 Å². The van der Waals surface area contributed by atoms with Gasteiger partial charge in [-0.05, 0) is 54.1 Å². The van der Waals surface area contributed by atoms with E-state index in [-0.39, 0.29) is 11.3 Å². The van der Waals surface area contributed by atoms with Gasteiger partial charge in [-0.15, -0.1) is 0 Å². The Morgan fingerprint density at radius 2 is 1.61 bits per heavy atom. The lowest BCUT2D eigenvalue weighted by Crippen LogP contribution is -2.35. The van der Waals surface area contributed by atoms with Crippen LogP contribution in [0.2, 0.25) is 0 Å². The lowest BCUT2D eigenvalue weighted by Gasteiger charge is -2.21. The van der Waals surface area contributed by atoms with Gasteiger partial charge in [0.25, 0.3) is 5.91 Å². The van der Waals surface area contributed by atoms with Gasteiger partial charge < -0.3 is 28.7 Å². The monoisotopic (exact) mass is 491 g/mol. The largest absolute Gasteiger partial charge is 0.493 e. The molecule has 9 heteroatoms. The van der Waals surface area contributed by atoms with Crippen LogP contribution in [0.15, 0.2) is 69.9 Å². The summed E-state index contributed by atoms with van der Waals surface area (Å²) in [5.74, 6) is -0.501. The first kappa shape index (κ1) is 23.2. The number of para-hydroxylation sites is 1. The van der Waals surface area contributed by atoms with Crippen LogP contribution in [0, 0.1) is 5.82 Å². The first-order valence-electron chi connectivity index (χ1n) is 11.0. The number of carbonyl (C=O) groups is 1. The molecule has 2 unspecified atom stereocenters. The fourth-order valence-electron chi connectivity index (χ4n) is 4.45. The van der Waals surface area contributed by atoms with Crippen LogP contribution in [0.5, 0.6) is 23.0 Å². The Morgan fingerprint density at radius 1 is 0.944 bits per heavy atom. The highest BCUT2D eigenvalue weighted by atomic mass is 19.1. The Balaban J connectivity index is 1.68. The first-order chi connectivity index (χ1) is 17.4. The predicted octanol–water partition coefficient (Wildman–Crippen LogP) is 4.49. The van der Waals surface area contributed by atoms with Crippen molar-refractivity contribution < 1.29 is 32.5 Å². The molecule has 0 radical (unpaired) electrons. The van der Waals surface area contributed by atoms with Gasteiger partial charge in [0.15, 0.2) is 17.6 Å². The number of hydrogen-bond acceptors (Lipinski definition) is 7. The average molecular weight is 491 g/mol. The summed E-state index contributed by atoms with van der Waals surface area (Å²) in [6.07, 6.45) is -1.15. The normalized spacial score (nSPS) is 16.2. The summed E-state index contributed by atoms with van der Waals surface area (Å²) in [6, 6.07) is 15.6. The molecule has 1 aliphatic rings. The summed E-state index contributed by atoms with van der Waals surface area (Å²) in [5, 5.41) is 3.30. The smallest absolute Gasteiger partial charge is 0.344 e. The number of benzene rings is 3. The lowest BCUT2D eigenvalue weighted by molar-refractivity contribution is -0.122. The van der Waals surface area contributed by atoms with Gasteiger partial charge in [-0.25, -0.2) is 9.18 Å². The van der Waals surface area contributed by atoms with Crippen LogP contribution in [0.4, 0.5) is 10.1 Å². The molecule has 5 rings (SSSR count). The predicted molar refractivity (Wildman–Crippen MR) is 130 cm³/mol. The number of amides is 1. The van der Waals surface area contributed by atoms with Crippen LogP contribution in [0.1, 0.15) is 17.0 Å². The van der Waals surface area contributed by atoms with E-state index in [2.05, 4.69) is 5.32 Å². The number of hydrogen-bond donors (Lipinski definition) is 1. The van der Waals surface area contributed by atoms with Gasteiger partial charge in [-0.2, -0.15) is 0 Å². The molecule has 0 bridgehead atoms. The van der Waals surface area contributed by atoms with Crippen LogP contribution in [-0.2, 0) is 4.79 Å². The Hall–Kier alpha value is -4.53. The minimum atomic E-state index is -1.15. The molecular formula is C27H22FNO7. The Labute approximate surface area is 205 Å². The molecular weight excluding hydrogens is 469 g/mol. The summed E-state index contributed by atoms with van der Waals surface area (Å²) in [7, 11) is 4.43. The van der Waals surface area contributed by atoms with Crippen molar-refractivity contribution in [1.29, 1.82) is 0 Å². The van der Waals surface area contributed by atoms with Crippen molar-refractivity contribution in [1.82, 2.24) is 0 Å². The van der Waals surface area contributed by atoms with Gasteiger partial charge in [0.2, 0.25) is 5.75 Å². The maximum Gasteiger partial charge on any atom is 0.344 e. The van der Waals surface area contributed by atoms with E-state index in [1.165, 1.54) is 45.6 Å². The topological polar surface area (TPSA) is 96.2 Å². The maximum atomic E-state index is 13.5. The Bertz CT molecular complexity index is 1490. The number of halogens is 1. The molecule has 0 saturated heterocycles. The van der Waals surface area contributed by atoms with Crippen LogP contribution >= 0.6 is 0 Å². The molecule has 0 spiro atoms. The van der Waals surface area contributed by atoms with Crippen molar-refractivity contribution in [3.63, 3.8) is 0 Å². The van der Waals surface area contributed by atoms with Crippen molar-refractivity contribution in [2.45, 2.75) is 12.0 Å². The summed E-state index contributed by atoms with van der Waals surface area (Å²) in [5.41, 5.74) is 0.804. The number of carbonyl (C=O) groups excluding carboxylic acids is 1. The molecule has 0 aliphatic carbocycles. The molecule has 1 amide bonds. The minimum Gasteiger partial charge on any atom is -0.493 e. The molecule has 2 heterocycles. The van der Waals surface area contributed by atoms with E-state index in [0.29, 0.717) is 39.5 Å². The number of fused-ring (bicyclic) bond motifs is 3. The molecule has 0 fully saturated rings. The molecule has 36 heavy (non-hydrogen) atoms. The zero-order chi connectivity index (χ0) is 25.4. The highest BCUT2D eigenvalue weighted by Crippen LogP contribution is 2.48. The third-order valence-corrected chi connectivity index (χ3v) is 6.07. The summed E-state index contributed by atoms with van der Waals surface area (Å²) >= 11 is 0. The number of anilines is 1. The molecule has 4 aromatic rings. The second-order valence-corrected chi connectivity index (χ2v) is 8.10. The molecule has 1 aromatic heterocycles. The second-order valence-electron chi connectivity index (χ2n) is 8.10. The highest BCUT2D eigenvalue weighted by Gasteiger charge is 2.45. The zero-order valence-electron chi connectivity index (χ0n) is 19.7. The van der Waals surface area contributed by atoms with E-state index < -0.39 is 29.4 Å². The highest BCUT2D eigenvalue weighted by molar-refractivity contribution is 5.97. The van der Waals surface area contributed by atoms with Gasteiger partial charge in [-0.1, -0.05) is 12.1 Å². The second kappa shape index (κ2) is 9.26. The standard InChI is InChI=1S/C27H22FNO7/c1-32-19-12-14(13-20(33-2)24(19)34-3)21-22-23(17-6-4-5-7-18(17)35-27(22)31)36-25(21)26(30)29-16-10-8-15(28)9-11-16/h4-13,21,25H,1-3H3,(H,29,30). The summed E-state index contributed by atoms with van der Waals surface area (Å²) in [4.78, 5) is 26.7. The van der Waals surface area contributed by atoms with E-state index in [1.807, 2.05) is 0 Å². The molecule has 184 valence electrons. The molecule has 3 aromatic carbocycles. The third kappa shape index (κ3) is 3.88. The first-order valence-corrected chi connectivity index (χ1v) is 11.0. The number of rotatable bonds is 6. The lowest BCUT2D eigenvalue weighted by atomic mass is 9.87. The maximum absolute atomic E-state index is 13.5. The molecule has 1 N–H and O–H groups in total. The van der Waals surface area contributed by atoms with E-state index in [1.54, 1.807) is 36.4 Å². The summed E-state index contributed by atoms with van der Waals surface area (Å²) in [6.45, 7) is 0. The van der Waals surface area contributed by atoms with Gasteiger partial charge in [0, 0.05) is 5.69 Å². The Kier molecular flexibility index (Phi) is 5.97. The van der Waals surface area contributed by atoms with E-state index in [4.69, 9.17) is 23.4 Å². The van der Waals surface area contributed by atoms with Crippen molar-refractivity contribution in [2.24, 2.45) is 0 Å². The van der Waals surface area contributed by atoms with Gasteiger partial charge in [-0.3, -0.25) is 4.79 Å². The summed E-state index contributed by atoms with van der Waals surface area (Å²) < 4.78 is 41.5. The van der Waals surface area contributed by atoms with Crippen molar-refractivity contribution in [3.8, 4) is 23.0 Å². The number of ether oxygens (including phenoxy) is 4. The SMILES string of the molecule is COc1cc(C2c3c(c4ccccc4oc3=O)OC2C(=O)Nc2ccc(F)cc2)cc(OC)c1OC.